The average Bonchev–Trinajstić information content (AvgIpc) is 3.37. The smallest absolute Gasteiger partial charge is 0.229 e. The monoisotopic (exact) mass is 393 g/mol. The van der Waals surface area contributed by atoms with Crippen molar-refractivity contribution in [1.82, 2.24) is 24.6 Å². The topological polar surface area (TPSA) is 70.9 Å². The molecule has 4 heterocycles. The standard InChI is InChI=1S/C17H24ClN7S/c1-24-10-12(7-21-24)22-17-20-9-15(18)16(23-17)19-8-13-3-2-5-25(13)14-4-6-26-11-14/h7,9-10,13-14H,2-6,8,11H2,1H3,(H2,19,20,22,23)/t13-,14?/m1/s1. The molecule has 2 aromatic heterocycles. The first-order valence-corrected chi connectivity index (χ1v) is 10.6. The van der Waals surface area contributed by atoms with Crippen LogP contribution in [0.1, 0.15) is 19.3 Å². The molecule has 2 atom stereocenters. The van der Waals surface area contributed by atoms with Gasteiger partial charge in [-0.05, 0) is 31.6 Å². The lowest BCUT2D eigenvalue weighted by Crippen LogP contribution is -2.42. The molecule has 140 valence electrons. The zero-order chi connectivity index (χ0) is 17.9. The fourth-order valence-electron chi connectivity index (χ4n) is 3.72. The number of halogens is 1. The Hall–Kier alpha value is -1.51. The number of hydrogen-bond acceptors (Lipinski definition) is 7. The minimum atomic E-state index is 0.514. The van der Waals surface area contributed by atoms with Gasteiger partial charge in [0.15, 0.2) is 5.82 Å². The molecule has 4 rings (SSSR count). The number of aryl methyl sites for hydroxylation is 1. The molecule has 2 aliphatic rings. The van der Waals surface area contributed by atoms with Crippen molar-refractivity contribution in [3.63, 3.8) is 0 Å². The molecule has 0 radical (unpaired) electrons. The van der Waals surface area contributed by atoms with Gasteiger partial charge in [0, 0.05) is 37.6 Å². The summed E-state index contributed by atoms with van der Waals surface area (Å²) in [6.45, 7) is 2.08. The van der Waals surface area contributed by atoms with Gasteiger partial charge in [-0.1, -0.05) is 11.6 Å². The Morgan fingerprint density at radius 1 is 1.35 bits per heavy atom. The predicted octanol–water partition coefficient (Wildman–Crippen LogP) is 2.99. The van der Waals surface area contributed by atoms with Gasteiger partial charge in [0.2, 0.25) is 5.95 Å². The second-order valence-corrected chi connectivity index (χ2v) is 8.41. The number of likely N-dealkylation sites (tertiary alicyclic amines) is 1. The predicted molar refractivity (Wildman–Crippen MR) is 107 cm³/mol. The van der Waals surface area contributed by atoms with E-state index in [1.165, 1.54) is 37.3 Å². The van der Waals surface area contributed by atoms with E-state index in [0.717, 1.165) is 18.3 Å². The molecule has 0 amide bonds. The summed E-state index contributed by atoms with van der Waals surface area (Å²) < 4.78 is 1.73. The summed E-state index contributed by atoms with van der Waals surface area (Å²) in [5.74, 6) is 3.76. The molecule has 0 saturated carbocycles. The number of thioether (sulfide) groups is 1. The van der Waals surface area contributed by atoms with Crippen LogP contribution in [0.2, 0.25) is 5.02 Å². The minimum absolute atomic E-state index is 0.514. The Morgan fingerprint density at radius 3 is 3.04 bits per heavy atom. The van der Waals surface area contributed by atoms with Gasteiger partial charge >= 0.3 is 0 Å². The van der Waals surface area contributed by atoms with Gasteiger partial charge in [-0.2, -0.15) is 21.8 Å². The Balaban J connectivity index is 1.40. The quantitative estimate of drug-likeness (QED) is 0.781. The number of aromatic nitrogens is 4. The van der Waals surface area contributed by atoms with Gasteiger partial charge in [0.25, 0.3) is 0 Å². The molecule has 0 aromatic carbocycles. The summed E-state index contributed by atoms with van der Waals surface area (Å²) in [6.07, 6.45) is 9.07. The van der Waals surface area contributed by atoms with E-state index in [1.54, 1.807) is 17.1 Å². The summed E-state index contributed by atoms with van der Waals surface area (Å²) in [5, 5.41) is 11.3. The van der Waals surface area contributed by atoms with Gasteiger partial charge in [-0.25, -0.2) is 4.98 Å². The molecule has 2 aliphatic heterocycles. The van der Waals surface area contributed by atoms with Crippen molar-refractivity contribution in [3.8, 4) is 0 Å². The Morgan fingerprint density at radius 2 is 2.27 bits per heavy atom. The van der Waals surface area contributed by atoms with Crippen LogP contribution in [0.3, 0.4) is 0 Å². The van der Waals surface area contributed by atoms with E-state index in [9.17, 15) is 0 Å². The number of hydrogen-bond donors (Lipinski definition) is 2. The van der Waals surface area contributed by atoms with Crippen molar-refractivity contribution >= 4 is 40.8 Å². The van der Waals surface area contributed by atoms with E-state index < -0.39 is 0 Å². The van der Waals surface area contributed by atoms with Gasteiger partial charge in [-0.15, -0.1) is 0 Å². The largest absolute Gasteiger partial charge is 0.367 e. The third-order valence-corrected chi connectivity index (χ3v) is 6.43. The molecule has 0 aliphatic carbocycles. The van der Waals surface area contributed by atoms with Crippen LogP contribution in [0.15, 0.2) is 18.6 Å². The van der Waals surface area contributed by atoms with Crippen molar-refractivity contribution in [1.29, 1.82) is 0 Å². The fraction of sp³-hybridized carbons (Fsp3) is 0.588. The molecule has 0 bridgehead atoms. The molecular weight excluding hydrogens is 370 g/mol. The van der Waals surface area contributed by atoms with E-state index in [2.05, 4.69) is 42.4 Å². The summed E-state index contributed by atoms with van der Waals surface area (Å²) >= 11 is 8.38. The summed E-state index contributed by atoms with van der Waals surface area (Å²) in [5.41, 5.74) is 0.849. The number of nitrogens with zero attached hydrogens (tertiary/aromatic N) is 5. The Labute approximate surface area is 162 Å². The van der Waals surface area contributed by atoms with Gasteiger partial charge in [0.1, 0.15) is 5.02 Å². The van der Waals surface area contributed by atoms with Gasteiger partial charge in [0.05, 0.1) is 18.1 Å². The van der Waals surface area contributed by atoms with Crippen LogP contribution in [-0.2, 0) is 7.05 Å². The van der Waals surface area contributed by atoms with Crippen LogP contribution in [0.25, 0.3) is 0 Å². The Kier molecular flexibility index (Phi) is 5.52. The van der Waals surface area contributed by atoms with Crippen LogP contribution in [0.5, 0.6) is 0 Å². The average molecular weight is 394 g/mol. The summed E-state index contributed by atoms with van der Waals surface area (Å²) in [7, 11) is 1.87. The highest BCUT2D eigenvalue weighted by atomic mass is 35.5. The van der Waals surface area contributed by atoms with Crippen LogP contribution in [-0.4, -0.2) is 61.3 Å². The third-order valence-electron chi connectivity index (χ3n) is 5.01. The van der Waals surface area contributed by atoms with E-state index in [1.807, 2.05) is 13.2 Å². The summed E-state index contributed by atoms with van der Waals surface area (Å²) in [6, 6.07) is 1.29. The Bertz CT molecular complexity index is 746. The maximum absolute atomic E-state index is 6.30. The van der Waals surface area contributed by atoms with Crippen LogP contribution >= 0.6 is 23.4 Å². The molecular formula is C17H24ClN7S. The molecule has 9 heteroatoms. The first kappa shape index (κ1) is 17.9. The maximum atomic E-state index is 6.30. The molecule has 2 saturated heterocycles. The number of nitrogens with one attached hydrogen (secondary N) is 2. The molecule has 2 fully saturated rings. The fourth-order valence-corrected chi connectivity index (χ4v) is 5.12. The lowest BCUT2D eigenvalue weighted by molar-refractivity contribution is 0.202. The number of anilines is 3. The molecule has 7 nitrogen and oxygen atoms in total. The maximum Gasteiger partial charge on any atom is 0.229 e. The van der Waals surface area contributed by atoms with Gasteiger partial charge in [-0.3, -0.25) is 9.58 Å². The van der Waals surface area contributed by atoms with Crippen molar-refractivity contribution in [2.24, 2.45) is 7.05 Å². The molecule has 1 unspecified atom stereocenters. The van der Waals surface area contributed by atoms with Crippen LogP contribution < -0.4 is 10.6 Å². The summed E-state index contributed by atoms with van der Waals surface area (Å²) in [4.78, 5) is 11.5. The van der Waals surface area contributed by atoms with E-state index in [-0.39, 0.29) is 0 Å². The third kappa shape index (κ3) is 4.07. The first-order valence-electron chi connectivity index (χ1n) is 9.04. The van der Waals surface area contributed by atoms with Crippen molar-refractivity contribution in [2.75, 3.05) is 35.2 Å². The van der Waals surface area contributed by atoms with E-state index in [4.69, 9.17) is 11.6 Å². The van der Waals surface area contributed by atoms with Crippen LogP contribution in [0.4, 0.5) is 17.5 Å². The second-order valence-electron chi connectivity index (χ2n) is 6.85. The lowest BCUT2D eigenvalue weighted by atomic mass is 10.1. The lowest BCUT2D eigenvalue weighted by Gasteiger charge is -2.30. The first-order chi connectivity index (χ1) is 12.7. The zero-order valence-corrected chi connectivity index (χ0v) is 16.4. The van der Waals surface area contributed by atoms with Gasteiger partial charge < -0.3 is 10.6 Å². The van der Waals surface area contributed by atoms with Crippen molar-refractivity contribution in [3.05, 3.63) is 23.6 Å². The van der Waals surface area contributed by atoms with Crippen LogP contribution in [0, 0.1) is 0 Å². The highest BCUT2D eigenvalue weighted by molar-refractivity contribution is 7.99. The highest BCUT2D eigenvalue weighted by Crippen LogP contribution is 2.29. The second kappa shape index (κ2) is 8.02. The minimum Gasteiger partial charge on any atom is -0.367 e. The molecule has 26 heavy (non-hydrogen) atoms. The molecule has 2 N–H and O–H groups in total. The highest BCUT2D eigenvalue weighted by Gasteiger charge is 2.32. The van der Waals surface area contributed by atoms with Crippen molar-refractivity contribution in [2.45, 2.75) is 31.3 Å². The molecule has 0 spiro atoms. The van der Waals surface area contributed by atoms with E-state index >= 15 is 0 Å². The normalized spacial score (nSPS) is 23.5. The zero-order valence-electron chi connectivity index (χ0n) is 14.9. The molecule has 2 aromatic rings. The number of rotatable bonds is 6. The van der Waals surface area contributed by atoms with Crippen molar-refractivity contribution < 1.29 is 0 Å². The SMILES string of the molecule is Cn1cc(Nc2ncc(Cl)c(NC[C@H]3CCCN3C3CCSC3)n2)cn1. The van der Waals surface area contributed by atoms with E-state index in [0.29, 0.717) is 22.8 Å².